The number of aromatic carboxylic acids is 1. The van der Waals surface area contributed by atoms with Crippen LogP contribution in [0.5, 0.6) is 0 Å². The molecule has 2 N–H and O–H groups in total. The zero-order valence-electron chi connectivity index (χ0n) is 25.6. The number of aromatic amines is 1. The molecule has 0 saturated heterocycles. The van der Waals surface area contributed by atoms with Crippen molar-refractivity contribution in [3.8, 4) is 22.6 Å². The summed E-state index contributed by atoms with van der Waals surface area (Å²) in [4.78, 5) is 25.2. The van der Waals surface area contributed by atoms with Gasteiger partial charge in [-0.25, -0.2) is 14.8 Å². The maximum absolute atomic E-state index is 11.7. The number of carbonyl (C=O) groups is 1. The number of hydrogen-bond donors (Lipinski definition) is 2. The number of benzene rings is 3. The number of para-hydroxylation sites is 1. The van der Waals surface area contributed by atoms with Crippen molar-refractivity contribution >= 4 is 38.8 Å². The largest absolute Gasteiger partial charge is 0.477 e. The number of fused-ring (bicyclic) bond motifs is 4. The Morgan fingerprint density at radius 3 is 2.17 bits per heavy atom. The molecule has 0 saturated carbocycles. The minimum absolute atomic E-state index is 0.0142. The van der Waals surface area contributed by atoms with Crippen molar-refractivity contribution < 1.29 is 9.90 Å². The highest BCUT2D eigenvalue weighted by molar-refractivity contribution is 6.12. The third-order valence-corrected chi connectivity index (χ3v) is 8.16. The van der Waals surface area contributed by atoms with Crippen LogP contribution in [0.2, 0.25) is 0 Å². The van der Waals surface area contributed by atoms with E-state index in [1.165, 1.54) is 28.0 Å². The van der Waals surface area contributed by atoms with Gasteiger partial charge in [0, 0.05) is 33.5 Å². The molecule has 0 bridgehead atoms. The van der Waals surface area contributed by atoms with Gasteiger partial charge in [-0.1, -0.05) is 65.8 Å². The van der Waals surface area contributed by atoms with Crippen molar-refractivity contribution in [3.05, 3.63) is 83.6 Å². The summed E-state index contributed by atoms with van der Waals surface area (Å²) in [5, 5.41) is 12.0. The minimum atomic E-state index is -1.05. The van der Waals surface area contributed by atoms with Gasteiger partial charge in [-0.05, 0) is 78.3 Å². The molecule has 6 nitrogen and oxygen atoms in total. The average Bonchev–Trinajstić information content (AvgIpc) is 3.50. The normalized spacial score (nSPS) is 12.7. The number of carboxylic acids is 1. The summed E-state index contributed by atoms with van der Waals surface area (Å²) in [5.74, 6) is -0.173. The standard InChI is InChI=1S/C36H38N4O2/c1-20(2)40-30-14-9-11-23(27-12-10-13-29(37-27)34(41)42)32(30)39-33(40)26-19-22(36(6,7)8)18-25-24-17-21(35(3,4)5)15-16-28(24)38-31(25)26/h9-20,38H,1-8H3,(H,41,42). The average molecular weight is 559 g/mol. The van der Waals surface area contributed by atoms with Gasteiger partial charge in [0.15, 0.2) is 0 Å². The molecule has 6 heteroatoms. The zero-order chi connectivity index (χ0) is 30.1. The molecule has 0 aliphatic rings. The van der Waals surface area contributed by atoms with Gasteiger partial charge in [0.25, 0.3) is 0 Å². The van der Waals surface area contributed by atoms with Crippen LogP contribution < -0.4 is 0 Å². The molecular weight excluding hydrogens is 520 g/mol. The smallest absolute Gasteiger partial charge is 0.354 e. The molecule has 6 rings (SSSR count). The van der Waals surface area contributed by atoms with E-state index in [-0.39, 0.29) is 22.6 Å². The van der Waals surface area contributed by atoms with Gasteiger partial charge in [0.05, 0.1) is 22.2 Å². The molecule has 3 aromatic heterocycles. The second-order valence-electron chi connectivity index (χ2n) is 13.6. The van der Waals surface area contributed by atoms with E-state index in [9.17, 15) is 9.90 Å². The van der Waals surface area contributed by atoms with Crippen molar-refractivity contribution in [1.82, 2.24) is 19.5 Å². The molecule has 0 atom stereocenters. The Morgan fingerprint density at radius 1 is 0.810 bits per heavy atom. The van der Waals surface area contributed by atoms with Gasteiger partial charge in [0.1, 0.15) is 11.5 Å². The number of H-pyrrole nitrogens is 1. The summed E-state index contributed by atoms with van der Waals surface area (Å²) >= 11 is 0. The fourth-order valence-corrected chi connectivity index (χ4v) is 5.82. The summed E-state index contributed by atoms with van der Waals surface area (Å²) in [6, 6.07) is 22.6. The van der Waals surface area contributed by atoms with Gasteiger partial charge in [-0.2, -0.15) is 0 Å². The van der Waals surface area contributed by atoms with Crippen molar-refractivity contribution in [2.24, 2.45) is 0 Å². The Bertz CT molecular complexity index is 2010. The molecule has 3 heterocycles. The number of pyridine rings is 1. The first-order chi connectivity index (χ1) is 19.7. The summed E-state index contributed by atoms with van der Waals surface area (Å²) < 4.78 is 2.28. The Balaban J connectivity index is 1.70. The van der Waals surface area contributed by atoms with E-state index in [4.69, 9.17) is 4.98 Å². The number of nitrogens with zero attached hydrogens (tertiary/aromatic N) is 3. The van der Waals surface area contributed by atoms with Crippen LogP contribution in [0.3, 0.4) is 0 Å². The number of nitrogens with one attached hydrogen (secondary N) is 1. The predicted molar refractivity (Wildman–Crippen MR) is 173 cm³/mol. The fraction of sp³-hybridized carbons (Fsp3) is 0.306. The first-order valence-corrected chi connectivity index (χ1v) is 14.6. The molecule has 0 aliphatic carbocycles. The highest BCUT2D eigenvalue weighted by Crippen LogP contribution is 2.41. The van der Waals surface area contributed by atoms with Crippen LogP contribution in [-0.4, -0.2) is 30.6 Å². The van der Waals surface area contributed by atoms with E-state index < -0.39 is 5.97 Å². The summed E-state index contributed by atoms with van der Waals surface area (Å²) in [5.41, 5.74) is 8.93. The van der Waals surface area contributed by atoms with Crippen LogP contribution in [0.4, 0.5) is 0 Å². The van der Waals surface area contributed by atoms with Crippen molar-refractivity contribution in [3.63, 3.8) is 0 Å². The van der Waals surface area contributed by atoms with Crippen LogP contribution in [0, 0.1) is 0 Å². The molecule has 214 valence electrons. The van der Waals surface area contributed by atoms with E-state index in [0.29, 0.717) is 5.69 Å². The third kappa shape index (κ3) is 4.55. The first kappa shape index (κ1) is 27.7. The molecule has 0 fully saturated rings. The second-order valence-corrected chi connectivity index (χ2v) is 13.6. The summed E-state index contributed by atoms with van der Waals surface area (Å²) in [7, 11) is 0. The lowest BCUT2D eigenvalue weighted by molar-refractivity contribution is 0.0690. The lowest BCUT2D eigenvalue weighted by atomic mass is 9.84. The van der Waals surface area contributed by atoms with Crippen LogP contribution in [-0.2, 0) is 10.8 Å². The quantitative estimate of drug-likeness (QED) is 0.226. The highest BCUT2D eigenvalue weighted by Gasteiger charge is 2.25. The van der Waals surface area contributed by atoms with E-state index in [2.05, 4.69) is 106 Å². The van der Waals surface area contributed by atoms with Gasteiger partial charge >= 0.3 is 5.97 Å². The summed E-state index contributed by atoms with van der Waals surface area (Å²) in [6.07, 6.45) is 0. The second kappa shape index (κ2) is 9.55. The minimum Gasteiger partial charge on any atom is -0.477 e. The number of carboxylic acid groups (broad SMARTS) is 1. The van der Waals surface area contributed by atoms with E-state index in [0.717, 1.165) is 39.0 Å². The Hall–Kier alpha value is -4.45. The lowest BCUT2D eigenvalue weighted by Gasteiger charge is -2.22. The first-order valence-electron chi connectivity index (χ1n) is 14.6. The molecule has 0 unspecified atom stereocenters. The van der Waals surface area contributed by atoms with Crippen LogP contribution in [0.25, 0.3) is 55.5 Å². The number of rotatable bonds is 4. The maximum Gasteiger partial charge on any atom is 0.354 e. The third-order valence-electron chi connectivity index (χ3n) is 8.16. The number of imidazole rings is 1. The molecule has 42 heavy (non-hydrogen) atoms. The topological polar surface area (TPSA) is 83.8 Å². The zero-order valence-corrected chi connectivity index (χ0v) is 25.6. The van der Waals surface area contributed by atoms with Crippen molar-refractivity contribution in [1.29, 1.82) is 0 Å². The monoisotopic (exact) mass is 558 g/mol. The molecule has 0 aliphatic heterocycles. The summed E-state index contributed by atoms with van der Waals surface area (Å²) in [6.45, 7) is 17.8. The van der Waals surface area contributed by atoms with E-state index in [1.807, 2.05) is 18.2 Å². The van der Waals surface area contributed by atoms with E-state index in [1.54, 1.807) is 6.07 Å². The number of aromatic nitrogens is 4. The molecule has 0 radical (unpaired) electrons. The molecule has 6 aromatic rings. The Morgan fingerprint density at radius 2 is 1.50 bits per heavy atom. The predicted octanol–water partition coefficient (Wildman–Crippen LogP) is 9.27. The highest BCUT2D eigenvalue weighted by atomic mass is 16.4. The van der Waals surface area contributed by atoms with Crippen molar-refractivity contribution in [2.75, 3.05) is 0 Å². The molecule has 3 aromatic carbocycles. The van der Waals surface area contributed by atoms with Gasteiger partial charge in [-0.3, -0.25) is 0 Å². The Labute approximate surface area is 246 Å². The van der Waals surface area contributed by atoms with Gasteiger partial charge in [-0.15, -0.1) is 0 Å². The van der Waals surface area contributed by atoms with Gasteiger partial charge < -0.3 is 14.7 Å². The SMILES string of the molecule is CC(C)n1c(-c2cc(C(C)(C)C)cc3c2[nH]c2ccc(C(C)(C)C)cc23)nc2c(-c3cccc(C(=O)O)n3)cccc21. The molecule has 0 spiro atoms. The lowest BCUT2D eigenvalue weighted by Crippen LogP contribution is -2.12. The molecule has 0 amide bonds. The van der Waals surface area contributed by atoms with Crippen LogP contribution in [0.1, 0.15) is 83.0 Å². The van der Waals surface area contributed by atoms with Crippen LogP contribution in [0.15, 0.2) is 66.7 Å². The molecular formula is C36H38N4O2. The Kier molecular flexibility index (Phi) is 6.30. The number of hydrogen-bond acceptors (Lipinski definition) is 3. The van der Waals surface area contributed by atoms with Crippen LogP contribution >= 0.6 is 0 Å². The fourth-order valence-electron chi connectivity index (χ4n) is 5.82. The van der Waals surface area contributed by atoms with Gasteiger partial charge in [0.2, 0.25) is 0 Å². The van der Waals surface area contributed by atoms with E-state index >= 15 is 0 Å². The maximum atomic E-state index is 11.7. The van der Waals surface area contributed by atoms with Crippen molar-refractivity contribution in [2.45, 2.75) is 72.3 Å².